The average molecular weight is 505 g/mol. The molecule has 3 aromatic carbocycles. The van der Waals surface area contributed by atoms with E-state index in [1.165, 1.54) is 35.3 Å². The van der Waals surface area contributed by atoms with Crippen molar-refractivity contribution >= 4 is 17.2 Å². The van der Waals surface area contributed by atoms with E-state index in [1.54, 1.807) is 36.4 Å². The fraction of sp³-hybridized carbons (Fsp3) is 0.107. The summed E-state index contributed by atoms with van der Waals surface area (Å²) in [4.78, 5) is 16.9. The van der Waals surface area contributed by atoms with Crippen molar-refractivity contribution in [1.82, 2.24) is 14.8 Å². The van der Waals surface area contributed by atoms with Gasteiger partial charge in [-0.15, -0.1) is 18.3 Å². The molecule has 0 spiro atoms. The van der Waals surface area contributed by atoms with Gasteiger partial charge in [0.05, 0.1) is 5.69 Å². The SMILES string of the molecule is C/C=C\C(=C/C)c1ccc(C(=O)Nc2ccc(-c3ncn(-c4ccc(OC(F)(F)F)cc4)n3)cc2)cc1. The Bertz CT molecular complexity index is 1420. The maximum atomic E-state index is 12.7. The zero-order chi connectivity index (χ0) is 26.4. The lowest BCUT2D eigenvalue weighted by Gasteiger charge is -2.09. The first-order chi connectivity index (χ1) is 17.8. The number of alkyl halides is 3. The number of hydrogen-bond donors (Lipinski definition) is 1. The van der Waals surface area contributed by atoms with Crippen molar-refractivity contribution in [2.45, 2.75) is 20.2 Å². The molecule has 4 aromatic rings. The molecule has 1 heterocycles. The number of carbonyl (C=O) groups excluding carboxylic acids is 1. The fourth-order valence-electron chi connectivity index (χ4n) is 3.58. The molecule has 0 fully saturated rings. The summed E-state index contributed by atoms with van der Waals surface area (Å²) < 4.78 is 42.4. The molecule has 1 N–H and O–H groups in total. The number of nitrogens with one attached hydrogen (secondary N) is 1. The topological polar surface area (TPSA) is 69.0 Å². The van der Waals surface area contributed by atoms with Gasteiger partial charge in [-0.2, -0.15) is 0 Å². The minimum atomic E-state index is -4.75. The number of hydrogen-bond acceptors (Lipinski definition) is 4. The van der Waals surface area contributed by atoms with Gasteiger partial charge in [0.1, 0.15) is 12.1 Å². The minimum Gasteiger partial charge on any atom is -0.406 e. The monoisotopic (exact) mass is 504 g/mol. The highest BCUT2D eigenvalue weighted by Crippen LogP contribution is 2.24. The molecule has 0 aliphatic carbocycles. The molecule has 37 heavy (non-hydrogen) atoms. The van der Waals surface area contributed by atoms with Crippen LogP contribution in [0.4, 0.5) is 18.9 Å². The summed E-state index contributed by atoms with van der Waals surface area (Å²) in [6.45, 7) is 3.92. The van der Waals surface area contributed by atoms with E-state index in [0.717, 1.165) is 11.1 Å². The van der Waals surface area contributed by atoms with Gasteiger partial charge in [0.2, 0.25) is 0 Å². The van der Waals surface area contributed by atoms with Gasteiger partial charge in [-0.1, -0.05) is 30.4 Å². The highest BCUT2D eigenvalue weighted by molar-refractivity contribution is 6.04. The molecule has 0 saturated carbocycles. The van der Waals surface area contributed by atoms with Crippen LogP contribution >= 0.6 is 0 Å². The van der Waals surface area contributed by atoms with Crippen LogP contribution < -0.4 is 10.1 Å². The van der Waals surface area contributed by atoms with Crippen LogP contribution in [0.15, 0.2) is 97.4 Å². The van der Waals surface area contributed by atoms with E-state index in [2.05, 4.69) is 20.1 Å². The highest BCUT2D eigenvalue weighted by atomic mass is 19.4. The summed E-state index contributed by atoms with van der Waals surface area (Å²) in [6.07, 6.45) is 2.70. The Morgan fingerprint density at radius 1 is 0.919 bits per heavy atom. The number of ether oxygens (including phenoxy) is 1. The number of amides is 1. The largest absolute Gasteiger partial charge is 0.573 e. The number of allylic oxidation sites excluding steroid dienone is 4. The van der Waals surface area contributed by atoms with Crippen LogP contribution in [0.2, 0.25) is 0 Å². The normalized spacial score (nSPS) is 12.1. The summed E-state index contributed by atoms with van der Waals surface area (Å²) >= 11 is 0. The van der Waals surface area contributed by atoms with Crippen molar-refractivity contribution in [3.05, 3.63) is 108 Å². The number of anilines is 1. The first-order valence-corrected chi connectivity index (χ1v) is 11.3. The molecule has 0 aliphatic rings. The molecular formula is C28H23F3N4O2. The Morgan fingerprint density at radius 2 is 1.57 bits per heavy atom. The van der Waals surface area contributed by atoms with Gasteiger partial charge in [-0.3, -0.25) is 4.79 Å². The molecule has 188 valence electrons. The second-order valence-corrected chi connectivity index (χ2v) is 7.91. The van der Waals surface area contributed by atoms with Gasteiger partial charge in [0.25, 0.3) is 5.91 Å². The van der Waals surface area contributed by atoms with Gasteiger partial charge in [0.15, 0.2) is 5.82 Å². The van der Waals surface area contributed by atoms with E-state index >= 15 is 0 Å². The highest BCUT2D eigenvalue weighted by Gasteiger charge is 2.31. The molecule has 1 aromatic heterocycles. The standard InChI is InChI=1S/C28H23F3N4O2/c1-3-5-19(4-2)20-6-8-22(9-7-20)27(36)33-23-12-10-21(11-13-23)26-32-18-35(34-26)24-14-16-25(17-15-24)37-28(29,30)31/h3-18H,1-2H3,(H,33,36)/b5-3-,19-4+. The van der Waals surface area contributed by atoms with E-state index in [1.807, 2.05) is 44.2 Å². The van der Waals surface area contributed by atoms with E-state index in [4.69, 9.17) is 0 Å². The molecule has 1 amide bonds. The third-order valence-corrected chi connectivity index (χ3v) is 5.37. The summed E-state index contributed by atoms with van der Waals surface area (Å²) in [5.41, 5.74) is 4.49. The van der Waals surface area contributed by atoms with Crippen molar-refractivity contribution < 1.29 is 22.7 Å². The molecule has 0 saturated heterocycles. The van der Waals surface area contributed by atoms with Gasteiger partial charge >= 0.3 is 6.36 Å². The molecule has 0 radical (unpaired) electrons. The molecular weight excluding hydrogens is 481 g/mol. The van der Waals surface area contributed by atoms with Crippen molar-refractivity contribution in [3.63, 3.8) is 0 Å². The Hall–Kier alpha value is -4.66. The van der Waals surface area contributed by atoms with Gasteiger partial charge < -0.3 is 10.1 Å². The van der Waals surface area contributed by atoms with Crippen molar-refractivity contribution in [2.75, 3.05) is 5.32 Å². The Morgan fingerprint density at radius 3 is 2.16 bits per heavy atom. The molecule has 0 unspecified atom stereocenters. The number of aromatic nitrogens is 3. The first-order valence-electron chi connectivity index (χ1n) is 11.3. The van der Waals surface area contributed by atoms with Gasteiger partial charge in [-0.05, 0) is 85.6 Å². The maximum absolute atomic E-state index is 12.7. The van der Waals surface area contributed by atoms with Crippen LogP contribution in [0.25, 0.3) is 22.6 Å². The van der Waals surface area contributed by atoms with Gasteiger partial charge in [0, 0.05) is 16.8 Å². The van der Waals surface area contributed by atoms with Crippen molar-refractivity contribution in [1.29, 1.82) is 0 Å². The third-order valence-electron chi connectivity index (χ3n) is 5.37. The molecule has 9 heteroatoms. The Balaban J connectivity index is 1.41. The summed E-state index contributed by atoms with van der Waals surface area (Å²) in [5, 5.41) is 7.25. The zero-order valence-corrected chi connectivity index (χ0v) is 20.0. The number of benzene rings is 3. The number of carbonyl (C=O) groups is 1. The lowest BCUT2D eigenvalue weighted by Crippen LogP contribution is -2.17. The maximum Gasteiger partial charge on any atom is 0.573 e. The second kappa shape index (κ2) is 10.9. The first kappa shape index (κ1) is 25.4. The predicted molar refractivity (Wildman–Crippen MR) is 136 cm³/mol. The van der Waals surface area contributed by atoms with Crippen molar-refractivity contribution in [2.24, 2.45) is 0 Å². The van der Waals surface area contributed by atoms with Crippen LogP contribution in [-0.2, 0) is 0 Å². The molecule has 0 bridgehead atoms. The number of nitrogens with zero attached hydrogens (tertiary/aromatic N) is 3. The lowest BCUT2D eigenvalue weighted by molar-refractivity contribution is -0.274. The summed E-state index contributed by atoms with van der Waals surface area (Å²) in [7, 11) is 0. The number of rotatable bonds is 7. The van der Waals surface area contributed by atoms with Gasteiger partial charge in [-0.25, -0.2) is 9.67 Å². The smallest absolute Gasteiger partial charge is 0.406 e. The molecule has 4 rings (SSSR count). The lowest BCUT2D eigenvalue weighted by atomic mass is 10.0. The van der Waals surface area contributed by atoms with Crippen LogP contribution in [0, 0.1) is 0 Å². The Kier molecular flexibility index (Phi) is 7.52. The summed E-state index contributed by atoms with van der Waals surface area (Å²) in [6, 6.07) is 19.7. The zero-order valence-electron chi connectivity index (χ0n) is 20.0. The third kappa shape index (κ3) is 6.52. The summed E-state index contributed by atoms with van der Waals surface area (Å²) in [5.74, 6) is -0.126. The van der Waals surface area contributed by atoms with Crippen LogP contribution in [0.5, 0.6) is 5.75 Å². The molecule has 0 aliphatic heterocycles. The molecule has 0 atom stereocenters. The minimum absolute atomic E-state index is 0.229. The van der Waals surface area contributed by atoms with E-state index in [9.17, 15) is 18.0 Å². The van der Waals surface area contributed by atoms with E-state index in [0.29, 0.717) is 28.3 Å². The van der Waals surface area contributed by atoms with Crippen molar-refractivity contribution in [3.8, 4) is 22.8 Å². The quantitative estimate of drug-likeness (QED) is 0.274. The Labute approximate surface area is 211 Å². The predicted octanol–water partition coefficient (Wildman–Crippen LogP) is 7.06. The van der Waals surface area contributed by atoms with E-state index < -0.39 is 6.36 Å². The van der Waals surface area contributed by atoms with E-state index in [-0.39, 0.29) is 11.7 Å². The number of halogens is 3. The second-order valence-electron chi connectivity index (χ2n) is 7.91. The fourth-order valence-corrected chi connectivity index (χ4v) is 3.58. The van der Waals surface area contributed by atoms with Crippen LogP contribution in [0.3, 0.4) is 0 Å². The van der Waals surface area contributed by atoms with Crippen LogP contribution in [0.1, 0.15) is 29.8 Å². The average Bonchev–Trinajstić information content (AvgIpc) is 3.38. The van der Waals surface area contributed by atoms with Crippen LogP contribution in [-0.4, -0.2) is 27.0 Å². The molecule has 6 nitrogen and oxygen atoms in total.